The third-order valence-electron chi connectivity index (χ3n) is 3.55. The molecule has 7 nitrogen and oxygen atoms in total. The number of carbonyl (C=O) groups excluding carboxylic acids is 1. The van der Waals surface area contributed by atoms with Crippen molar-refractivity contribution in [3.05, 3.63) is 18.2 Å². The number of anilines is 1. The van der Waals surface area contributed by atoms with Crippen LogP contribution in [0.3, 0.4) is 0 Å². The predicted octanol–water partition coefficient (Wildman–Crippen LogP) is -0.0001000. The summed E-state index contributed by atoms with van der Waals surface area (Å²) in [5.74, 6) is 0.204. The van der Waals surface area contributed by atoms with Gasteiger partial charge < -0.3 is 15.4 Å². The first-order valence-corrected chi connectivity index (χ1v) is 8.21. The van der Waals surface area contributed by atoms with E-state index in [1.54, 1.807) is 6.07 Å². The molecule has 2 heterocycles. The highest BCUT2D eigenvalue weighted by atomic mass is 32.2. The normalized spacial score (nSPS) is 23.1. The zero-order valence-electron chi connectivity index (χ0n) is 11.6. The van der Waals surface area contributed by atoms with Crippen LogP contribution in [-0.4, -0.2) is 50.9 Å². The maximum absolute atomic E-state index is 12.6. The zero-order valence-corrected chi connectivity index (χ0v) is 12.4. The number of ether oxygens (including phenoxy) is 1. The average Bonchev–Trinajstić information content (AvgIpc) is 2.46. The average molecular weight is 311 g/mol. The van der Waals surface area contributed by atoms with Gasteiger partial charge in [-0.15, -0.1) is 0 Å². The summed E-state index contributed by atoms with van der Waals surface area (Å²) in [6.07, 6.45) is 0. The lowest BCUT2D eigenvalue weighted by molar-refractivity contribution is -0.118. The van der Waals surface area contributed by atoms with Crippen LogP contribution in [-0.2, 0) is 14.8 Å². The van der Waals surface area contributed by atoms with E-state index < -0.39 is 10.0 Å². The van der Waals surface area contributed by atoms with Gasteiger partial charge in [-0.3, -0.25) is 4.79 Å². The molecule has 1 atom stereocenters. The van der Waals surface area contributed by atoms with Crippen LogP contribution in [0.15, 0.2) is 23.1 Å². The molecule has 0 aliphatic carbocycles. The summed E-state index contributed by atoms with van der Waals surface area (Å²) >= 11 is 0. The molecule has 3 rings (SSSR count). The number of carbonyl (C=O) groups is 1. The number of fused-ring (bicyclic) bond motifs is 1. The second kappa shape index (κ2) is 5.28. The van der Waals surface area contributed by atoms with Crippen molar-refractivity contribution in [1.82, 2.24) is 9.62 Å². The van der Waals surface area contributed by atoms with Crippen LogP contribution in [0.1, 0.15) is 6.92 Å². The fourth-order valence-electron chi connectivity index (χ4n) is 2.49. The molecule has 1 saturated heterocycles. The summed E-state index contributed by atoms with van der Waals surface area (Å²) in [7, 11) is -3.56. The number of hydrogen-bond donors (Lipinski definition) is 2. The lowest BCUT2D eigenvalue weighted by Crippen LogP contribution is -2.51. The Labute approximate surface area is 123 Å². The molecule has 8 heteroatoms. The van der Waals surface area contributed by atoms with Crippen molar-refractivity contribution < 1.29 is 17.9 Å². The third kappa shape index (κ3) is 2.74. The van der Waals surface area contributed by atoms with Gasteiger partial charge in [0.25, 0.3) is 5.91 Å². The molecule has 114 valence electrons. The van der Waals surface area contributed by atoms with E-state index in [0.717, 1.165) is 0 Å². The van der Waals surface area contributed by atoms with Crippen LogP contribution in [0.2, 0.25) is 0 Å². The van der Waals surface area contributed by atoms with Crippen LogP contribution >= 0.6 is 0 Å². The lowest BCUT2D eigenvalue weighted by atomic mass is 10.2. The fraction of sp³-hybridized carbons (Fsp3) is 0.462. The van der Waals surface area contributed by atoms with E-state index in [2.05, 4.69) is 10.6 Å². The number of piperazine rings is 1. The van der Waals surface area contributed by atoms with Gasteiger partial charge in [0, 0.05) is 25.7 Å². The van der Waals surface area contributed by atoms with Gasteiger partial charge in [-0.1, -0.05) is 0 Å². The van der Waals surface area contributed by atoms with Crippen molar-refractivity contribution in [2.75, 3.05) is 31.6 Å². The molecule has 2 N–H and O–H groups in total. The molecule has 0 bridgehead atoms. The van der Waals surface area contributed by atoms with Crippen LogP contribution in [0.5, 0.6) is 5.75 Å². The number of sulfonamides is 1. The Balaban J connectivity index is 1.92. The van der Waals surface area contributed by atoms with Crippen molar-refractivity contribution >= 4 is 21.6 Å². The zero-order chi connectivity index (χ0) is 15.0. The summed E-state index contributed by atoms with van der Waals surface area (Å²) in [4.78, 5) is 11.5. The van der Waals surface area contributed by atoms with Gasteiger partial charge in [-0.2, -0.15) is 4.31 Å². The molecule has 0 saturated carbocycles. The highest BCUT2D eigenvalue weighted by Gasteiger charge is 2.29. The van der Waals surface area contributed by atoms with E-state index in [9.17, 15) is 13.2 Å². The van der Waals surface area contributed by atoms with Crippen LogP contribution in [0.4, 0.5) is 5.69 Å². The fourth-order valence-corrected chi connectivity index (χ4v) is 4.04. The van der Waals surface area contributed by atoms with Gasteiger partial charge in [0.1, 0.15) is 5.75 Å². The van der Waals surface area contributed by atoms with Gasteiger partial charge >= 0.3 is 0 Å². The van der Waals surface area contributed by atoms with E-state index in [4.69, 9.17) is 4.74 Å². The predicted molar refractivity (Wildman–Crippen MR) is 76.8 cm³/mol. The molecule has 0 spiro atoms. The first kappa shape index (κ1) is 14.3. The van der Waals surface area contributed by atoms with Crippen molar-refractivity contribution in [3.63, 3.8) is 0 Å². The van der Waals surface area contributed by atoms with E-state index >= 15 is 0 Å². The Morgan fingerprint density at radius 1 is 1.38 bits per heavy atom. The molecule has 2 aliphatic rings. The van der Waals surface area contributed by atoms with E-state index in [1.807, 2.05) is 6.92 Å². The summed E-state index contributed by atoms with van der Waals surface area (Å²) < 4.78 is 32.0. The standard InChI is InChI=1S/C13H17N3O4S/c1-9-7-16(5-4-14-9)21(18,19)10-2-3-12-11(6-10)15-13(17)8-20-12/h2-3,6,9,14H,4-5,7-8H2,1H3,(H,15,17)/t9-/m1/s1. The molecule has 0 aromatic heterocycles. The third-order valence-corrected chi connectivity index (χ3v) is 5.41. The SMILES string of the molecule is C[C@@H]1CN(S(=O)(=O)c2ccc3c(c2)NC(=O)CO3)CCN1. The molecular weight excluding hydrogens is 294 g/mol. The maximum Gasteiger partial charge on any atom is 0.262 e. The molecule has 1 aromatic carbocycles. The molecule has 1 fully saturated rings. The second-order valence-electron chi connectivity index (χ2n) is 5.21. The first-order chi connectivity index (χ1) is 9.96. The minimum Gasteiger partial charge on any atom is -0.482 e. The molecule has 0 unspecified atom stereocenters. The van der Waals surface area contributed by atoms with Crippen molar-refractivity contribution in [3.8, 4) is 5.75 Å². The topological polar surface area (TPSA) is 87.7 Å². The first-order valence-electron chi connectivity index (χ1n) is 6.77. The Kier molecular flexibility index (Phi) is 3.60. The Hall–Kier alpha value is -1.64. The highest BCUT2D eigenvalue weighted by molar-refractivity contribution is 7.89. The number of nitrogens with zero attached hydrogens (tertiary/aromatic N) is 1. The summed E-state index contributed by atoms with van der Waals surface area (Å²) in [6.45, 7) is 3.40. The van der Waals surface area contributed by atoms with Crippen LogP contribution in [0, 0.1) is 0 Å². The number of hydrogen-bond acceptors (Lipinski definition) is 5. The number of rotatable bonds is 2. The maximum atomic E-state index is 12.6. The minimum absolute atomic E-state index is 0.0472. The lowest BCUT2D eigenvalue weighted by Gasteiger charge is -2.31. The van der Waals surface area contributed by atoms with E-state index in [-0.39, 0.29) is 23.5 Å². The second-order valence-corrected chi connectivity index (χ2v) is 7.15. The van der Waals surface area contributed by atoms with Gasteiger partial charge in [0.15, 0.2) is 6.61 Å². The highest BCUT2D eigenvalue weighted by Crippen LogP contribution is 2.31. The van der Waals surface area contributed by atoms with Gasteiger partial charge in [0.05, 0.1) is 10.6 Å². The van der Waals surface area contributed by atoms with Crippen LogP contribution < -0.4 is 15.4 Å². The van der Waals surface area contributed by atoms with Gasteiger partial charge in [-0.25, -0.2) is 8.42 Å². The van der Waals surface area contributed by atoms with Crippen molar-refractivity contribution in [2.24, 2.45) is 0 Å². The van der Waals surface area contributed by atoms with E-state index in [0.29, 0.717) is 31.1 Å². The molecule has 0 radical (unpaired) electrons. The number of nitrogens with one attached hydrogen (secondary N) is 2. The smallest absolute Gasteiger partial charge is 0.262 e. The van der Waals surface area contributed by atoms with E-state index in [1.165, 1.54) is 16.4 Å². The summed E-state index contributed by atoms with van der Waals surface area (Å²) in [6, 6.07) is 4.66. The Morgan fingerprint density at radius 3 is 2.95 bits per heavy atom. The molecule has 21 heavy (non-hydrogen) atoms. The largest absolute Gasteiger partial charge is 0.482 e. The van der Waals surface area contributed by atoms with Crippen LogP contribution in [0.25, 0.3) is 0 Å². The van der Waals surface area contributed by atoms with Crippen molar-refractivity contribution in [1.29, 1.82) is 0 Å². The minimum atomic E-state index is -3.56. The quantitative estimate of drug-likeness (QED) is 0.803. The summed E-state index contributed by atoms with van der Waals surface area (Å²) in [5.41, 5.74) is 0.399. The van der Waals surface area contributed by atoms with Crippen molar-refractivity contribution in [2.45, 2.75) is 17.9 Å². The number of amides is 1. The van der Waals surface area contributed by atoms with Gasteiger partial charge in [-0.05, 0) is 25.1 Å². The monoisotopic (exact) mass is 311 g/mol. The van der Waals surface area contributed by atoms with Gasteiger partial charge in [0.2, 0.25) is 10.0 Å². The molecule has 1 aromatic rings. The number of benzene rings is 1. The Morgan fingerprint density at radius 2 is 2.19 bits per heavy atom. The Bertz CT molecular complexity index is 674. The molecule has 2 aliphatic heterocycles. The molecular formula is C13H17N3O4S. The summed E-state index contributed by atoms with van der Waals surface area (Å²) in [5, 5.41) is 5.83. The molecule has 1 amide bonds.